The summed E-state index contributed by atoms with van der Waals surface area (Å²) in [5, 5.41) is 0.680. The second kappa shape index (κ2) is 6.92. The summed E-state index contributed by atoms with van der Waals surface area (Å²) in [6.45, 7) is 0.416. The fourth-order valence-electron chi connectivity index (χ4n) is 0.930. The van der Waals surface area contributed by atoms with Gasteiger partial charge >= 0.3 is 0 Å². The van der Waals surface area contributed by atoms with Gasteiger partial charge in [-0.05, 0) is 17.7 Å². The summed E-state index contributed by atoms with van der Waals surface area (Å²) < 4.78 is 0. The third-order valence-electron chi connectivity index (χ3n) is 1.58. The molecule has 5 nitrogen and oxygen atoms in total. The predicted molar refractivity (Wildman–Crippen MR) is 69.8 cm³/mol. The molecule has 7 heteroatoms. The molecule has 0 fully saturated rings. The van der Waals surface area contributed by atoms with Gasteiger partial charge in [0.25, 0.3) is 0 Å². The van der Waals surface area contributed by atoms with E-state index < -0.39 is 0 Å². The molecule has 0 aromatic heterocycles. The molecule has 6 N–H and O–H groups in total. The second-order valence-electron chi connectivity index (χ2n) is 2.84. The smallest absolute Gasteiger partial charge is 0.218 e. The van der Waals surface area contributed by atoms with Gasteiger partial charge in [-0.1, -0.05) is 23.7 Å². The van der Waals surface area contributed by atoms with Gasteiger partial charge in [-0.2, -0.15) is 4.99 Å². The van der Waals surface area contributed by atoms with Crippen LogP contribution in [-0.2, 0) is 6.54 Å². The number of aliphatic imine (C=N–C) groups is 2. The van der Waals surface area contributed by atoms with Crippen LogP contribution in [0.3, 0.4) is 0 Å². The topological polar surface area (TPSA) is 103 Å². The molecule has 0 bridgehead atoms. The Balaban J connectivity index is 0.00000225. The summed E-state index contributed by atoms with van der Waals surface area (Å²) in [4.78, 5) is 7.55. The lowest BCUT2D eigenvalue weighted by Gasteiger charge is -1.97. The van der Waals surface area contributed by atoms with Gasteiger partial charge < -0.3 is 17.2 Å². The van der Waals surface area contributed by atoms with Crippen LogP contribution in [0, 0.1) is 0 Å². The zero-order valence-corrected chi connectivity index (χ0v) is 10.0. The third kappa shape index (κ3) is 5.43. The Morgan fingerprint density at radius 1 is 1.12 bits per heavy atom. The third-order valence-corrected chi connectivity index (χ3v) is 1.83. The number of rotatable bonds is 2. The lowest BCUT2D eigenvalue weighted by atomic mass is 10.2. The molecule has 1 rings (SSSR count). The maximum absolute atomic E-state index is 5.73. The molecule has 88 valence electrons. The van der Waals surface area contributed by atoms with Crippen LogP contribution in [0.1, 0.15) is 5.56 Å². The molecule has 0 spiro atoms. The first-order valence-electron chi connectivity index (χ1n) is 4.22. The number of hydrogen-bond donors (Lipinski definition) is 3. The van der Waals surface area contributed by atoms with Crippen LogP contribution in [0.5, 0.6) is 0 Å². The fourth-order valence-corrected chi connectivity index (χ4v) is 1.06. The SMILES string of the molecule is Cl.NC(N)=NC(N)=NCc1ccc(Cl)cc1. The van der Waals surface area contributed by atoms with E-state index >= 15 is 0 Å². The molecule has 0 saturated carbocycles. The number of halogens is 2. The monoisotopic (exact) mass is 261 g/mol. The quantitative estimate of drug-likeness (QED) is 0.543. The van der Waals surface area contributed by atoms with Crippen molar-refractivity contribution in [2.45, 2.75) is 6.54 Å². The molecule has 0 radical (unpaired) electrons. The van der Waals surface area contributed by atoms with Gasteiger partial charge in [0.05, 0.1) is 6.54 Å². The maximum Gasteiger partial charge on any atom is 0.218 e. The highest BCUT2D eigenvalue weighted by atomic mass is 35.5. The van der Waals surface area contributed by atoms with Crippen molar-refractivity contribution in [3.63, 3.8) is 0 Å². The first kappa shape index (κ1) is 14.5. The van der Waals surface area contributed by atoms with Crippen LogP contribution in [0.25, 0.3) is 0 Å². The highest BCUT2D eigenvalue weighted by molar-refractivity contribution is 6.30. The van der Waals surface area contributed by atoms with Crippen LogP contribution in [-0.4, -0.2) is 11.9 Å². The standard InChI is InChI=1S/C9H12ClN5.ClH/c10-7-3-1-6(2-4-7)5-14-9(13)15-8(11)12;/h1-4H,5H2,(H6,11,12,13,14,15);1H. The van der Waals surface area contributed by atoms with Crippen molar-refractivity contribution < 1.29 is 0 Å². The minimum absolute atomic E-state index is 0. The Morgan fingerprint density at radius 3 is 2.19 bits per heavy atom. The van der Waals surface area contributed by atoms with Gasteiger partial charge in [0.1, 0.15) is 0 Å². The molecular weight excluding hydrogens is 249 g/mol. The van der Waals surface area contributed by atoms with Gasteiger partial charge in [0.15, 0.2) is 5.96 Å². The average molecular weight is 262 g/mol. The van der Waals surface area contributed by atoms with Gasteiger partial charge in [-0.15, -0.1) is 12.4 Å². The number of guanidine groups is 2. The fraction of sp³-hybridized carbons (Fsp3) is 0.111. The molecular formula is C9H13Cl2N5. The number of hydrogen-bond acceptors (Lipinski definition) is 1. The van der Waals surface area contributed by atoms with Crippen LogP contribution in [0.4, 0.5) is 0 Å². The lowest BCUT2D eigenvalue weighted by molar-refractivity contribution is 1.05. The maximum atomic E-state index is 5.73. The lowest BCUT2D eigenvalue weighted by Crippen LogP contribution is -2.26. The van der Waals surface area contributed by atoms with E-state index in [0.717, 1.165) is 5.56 Å². The molecule has 16 heavy (non-hydrogen) atoms. The van der Waals surface area contributed by atoms with E-state index in [1.54, 1.807) is 12.1 Å². The Kier molecular flexibility index (Phi) is 6.29. The van der Waals surface area contributed by atoms with E-state index in [0.29, 0.717) is 11.6 Å². The molecule has 0 saturated heterocycles. The average Bonchev–Trinajstić information content (AvgIpc) is 2.16. The van der Waals surface area contributed by atoms with E-state index in [1.165, 1.54) is 0 Å². The first-order chi connectivity index (χ1) is 7.08. The van der Waals surface area contributed by atoms with Crippen LogP contribution < -0.4 is 17.2 Å². The van der Waals surface area contributed by atoms with E-state index in [-0.39, 0.29) is 24.3 Å². The number of benzene rings is 1. The van der Waals surface area contributed by atoms with E-state index in [2.05, 4.69) is 9.98 Å². The largest absolute Gasteiger partial charge is 0.370 e. The van der Waals surface area contributed by atoms with Crippen molar-refractivity contribution in [2.24, 2.45) is 27.2 Å². The molecule has 1 aromatic carbocycles. The van der Waals surface area contributed by atoms with Gasteiger partial charge in [-0.3, -0.25) is 0 Å². The van der Waals surface area contributed by atoms with Crippen LogP contribution in [0.2, 0.25) is 5.02 Å². The predicted octanol–water partition coefficient (Wildman–Crippen LogP) is 0.850. The van der Waals surface area contributed by atoms with Crippen molar-refractivity contribution in [1.82, 2.24) is 0 Å². The summed E-state index contributed by atoms with van der Waals surface area (Å²) in [5.74, 6) is -0.0442. The zero-order valence-electron chi connectivity index (χ0n) is 8.43. The summed E-state index contributed by atoms with van der Waals surface area (Å²) in [6, 6.07) is 7.27. The Bertz CT molecular complexity index is 381. The Morgan fingerprint density at radius 2 is 1.69 bits per heavy atom. The van der Waals surface area contributed by atoms with Crippen molar-refractivity contribution in [1.29, 1.82) is 0 Å². The molecule has 1 aromatic rings. The zero-order chi connectivity index (χ0) is 11.3. The van der Waals surface area contributed by atoms with Gasteiger partial charge in [-0.25, -0.2) is 4.99 Å². The van der Waals surface area contributed by atoms with E-state index in [4.69, 9.17) is 28.8 Å². The van der Waals surface area contributed by atoms with Crippen molar-refractivity contribution in [2.75, 3.05) is 0 Å². The summed E-state index contributed by atoms with van der Waals surface area (Å²) in [7, 11) is 0. The second-order valence-corrected chi connectivity index (χ2v) is 3.27. The van der Waals surface area contributed by atoms with E-state index in [1.807, 2.05) is 12.1 Å². The minimum Gasteiger partial charge on any atom is -0.370 e. The van der Waals surface area contributed by atoms with Crippen molar-refractivity contribution in [3.05, 3.63) is 34.9 Å². The summed E-state index contributed by atoms with van der Waals surface area (Å²) in [5.41, 5.74) is 16.7. The molecule has 0 atom stereocenters. The van der Waals surface area contributed by atoms with Gasteiger partial charge in [0, 0.05) is 5.02 Å². The normalized spacial score (nSPS) is 10.4. The Hall–Kier alpha value is -1.46. The van der Waals surface area contributed by atoms with Crippen molar-refractivity contribution in [3.8, 4) is 0 Å². The summed E-state index contributed by atoms with van der Waals surface area (Å²) >= 11 is 5.73. The first-order valence-corrected chi connectivity index (χ1v) is 4.59. The van der Waals surface area contributed by atoms with Gasteiger partial charge in [0.2, 0.25) is 5.96 Å². The minimum atomic E-state index is -0.104. The molecule has 0 aliphatic carbocycles. The van der Waals surface area contributed by atoms with E-state index in [9.17, 15) is 0 Å². The molecule has 0 aliphatic heterocycles. The highest BCUT2D eigenvalue weighted by Gasteiger charge is 1.93. The number of nitrogens with two attached hydrogens (primary N) is 3. The molecule has 0 unspecified atom stereocenters. The molecule has 0 amide bonds. The van der Waals surface area contributed by atoms with Crippen molar-refractivity contribution >= 4 is 35.9 Å². The molecule has 0 heterocycles. The number of nitrogens with zero attached hydrogens (tertiary/aromatic N) is 2. The molecule has 0 aliphatic rings. The van der Waals surface area contributed by atoms with Crippen LogP contribution in [0.15, 0.2) is 34.3 Å². The van der Waals surface area contributed by atoms with Crippen LogP contribution >= 0.6 is 24.0 Å². The summed E-state index contributed by atoms with van der Waals surface area (Å²) in [6.07, 6.45) is 0. The highest BCUT2D eigenvalue weighted by Crippen LogP contribution is 2.09. The Labute approximate surface area is 105 Å².